The first-order chi connectivity index (χ1) is 14.4. The standard InChI is InChI=1S/C22H22B2O6/c1-29-19-11-14-7-3-6-10-17(14)20(21(19)30-2)18-13-22(23(25)26,24(27)28)12-15-8-4-5-9-16(15)18/h3-12,25-28H,13H2,1-2H3. The van der Waals surface area contributed by atoms with Gasteiger partial charge in [-0.25, -0.2) is 0 Å². The number of ether oxygens (including phenoxy) is 2. The Morgan fingerprint density at radius 3 is 2.20 bits per heavy atom. The Labute approximate surface area is 174 Å². The second-order valence-corrected chi connectivity index (χ2v) is 7.45. The van der Waals surface area contributed by atoms with Gasteiger partial charge < -0.3 is 29.6 Å². The molecule has 0 spiro atoms. The molecule has 1 aliphatic rings. The van der Waals surface area contributed by atoms with Gasteiger partial charge in [0.1, 0.15) is 0 Å². The molecule has 0 saturated carbocycles. The van der Waals surface area contributed by atoms with Crippen LogP contribution < -0.4 is 19.9 Å². The normalized spacial score (nSPS) is 14.7. The minimum Gasteiger partial charge on any atom is -0.493 e. The third-order valence-electron chi connectivity index (χ3n) is 5.85. The molecule has 0 atom stereocenters. The third kappa shape index (κ3) is 3.09. The van der Waals surface area contributed by atoms with Crippen molar-refractivity contribution in [3.05, 3.63) is 70.6 Å². The van der Waals surface area contributed by atoms with Crippen molar-refractivity contribution in [3.8, 4) is 11.5 Å². The smallest absolute Gasteiger partial charge is 0.460 e. The van der Waals surface area contributed by atoms with E-state index in [1.165, 1.54) is 6.08 Å². The molecule has 4 N–H and O–H groups in total. The Bertz CT molecular complexity index is 1210. The van der Waals surface area contributed by atoms with Crippen LogP contribution in [-0.2, 0) is 0 Å². The second-order valence-electron chi connectivity index (χ2n) is 7.45. The Balaban J connectivity index is 2.18. The van der Waals surface area contributed by atoms with E-state index in [1.54, 1.807) is 14.2 Å². The van der Waals surface area contributed by atoms with Gasteiger partial charge in [-0.2, -0.15) is 0 Å². The first kappa shape index (κ1) is 20.5. The molecule has 0 aromatic heterocycles. The van der Waals surface area contributed by atoms with Crippen LogP contribution >= 0.6 is 0 Å². The molecule has 30 heavy (non-hydrogen) atoms. The van der Waals surface area contributed by atoms with Gasteiger partial charge >= 0.3 is 14.2 Å². The lowest BCUT2D eigenvalue weighted by atomic mass is 9.36. The van der Waals surface area contributed by atoms with Gasteiger partial charge in [0.05, 0.1) is 19.4 Å². The molecule has 4 rings (SSSR count). The van der Waals surface area contributed by atoms with Gasteiger partial charge in [-0.15, -0.1) is 0 Å². The van der Waals surface area contributed by atoms with E-state index in [0.29, 0.717) is 22.3 Å². The largest absolute Gasteiger partial charge is 0.493 e. The first-order valence-electron chi connectivity index (χ1n) is 9.60. The molecular formula is C22H22B2O6. The zero-order chi connectivity index (χ0) is 21.5. The molecule has 0 amide bonds. The maximum atomic E-state index is 10.2. The van der Waals surface area contributed by atoms with Crippen molar-refractivity contribution in [2.24, 2.45) is 0 Å². The quantitative estimate of drug-likeness (QED) is 0.462. The lowest BCUT2D eigenvalue weighted by Gasteiger charge is -2.33. The van der Waals surface area contributed by atoms with E-state index in [0.717, 1.165) is 21.6 Å². The van der Waals surface area contributed by atoms with Gasteiger partial charge in [-0.05, 0) is 39.3 Å². The van der Waals surface area contributed by atoms with Gasteiger partial charge in [0.25, 0.3) is 0 Å². The van der Waals surface area contributed by atoms with Gasteiger partial charge in [0, 0.05) is 5.56 Å². The summed E-state index contributed by atoms with van der Waals surface area (Å²) in [7, 11) is -0.859. The van der Waals surface area contributed by atoms with Crippen LogP contribution in [0.5, 0.6) is 11.5 Å². The highest BCUT2D eigenvalue weighted by Gasteiger charge is 2.52. The van der Waals surface area contributed by atoms with Crippen LogP contribution in [-0.4, -0.2) is 48.6 Å². The second kappa shape index (κ2) is 7.81. The number of hydrogen-bond acceptors (Lipinski definition) is 6. The van der Waals surface area contributed by atoms with Crippen LogP contribution in [0.1, 0.15) is 12.0 Å². The van der Waals surface area contributed by atoms with E-state index >= 15 is 0 Å². The average molecular weight is 404 g/mol. The van der Waals surface area contributed by atoms with Crippen molar-refractivity contribution < 1.29 is 29.6 Å². The van der Waals surface area contributed by atoms with Crippen LogP contribution in [0.15, 0.2) is 54.6 Å². The summed E-state index contributed by atoms with van der Waals surface area (Å²) in [6.45, 7) is 0. The summed E-state index contributed by atoms with van der Waals surface area (Å²) in [5.74, 6) is 1.03. The zero-order valence-corrected chi connectivity index (χ0v) is 16.7. The Morgan fingerprint density at radius 1 is 0.867 bits per heavy atom. The van der Waals surface area contributed by atoms with Crippen molar-refractivity contribution in [1.29, 1.82) is 0 Å². The molecule has 0 fully saturated rings. The molecule has 0 bridgehead atoms. The van der Waals surface area contributed by atoms with Crippen molar-refractivity contribution in [2.45, 2.75) is 11.6 Å². The zero-order valence-electron chi connectivity index (χ0n) is 16.7. The monoisotopic (exact) mass is 404 g/mol. The molecule has 0 saturated heterocycles. The van der Waals surface area contributed by atoms with E-state index in [2.05, 4.69) is 0 Å². The minimum atomic E-state index is -1.98. The summed E-state index contributed by atoms with van der Waals surface area (Å²) in [5.41, 5.74) is 1.43. The first-order valence-corrected chi connectivity index (χ1v) is 9.60. The maximum Gasteiger partial charge on any atom is 0.460 e. The molecule has 0 radical (unpaired) electrons. The molecule has 0 aliphatic heterocycles. The molecule has 152 valence electrons. The van der Waals surface area contributed by atoms with E-state index < -0.39 is 19.5 Å². The van der Waals surface area contributed by atoms with Crippen LogP contribution in [0.2, 0.25) is 5.21 Å². The Kier molecular flexibility index (Phi) is 5.34. The predicted molar refractivity (Wildman–Crippen MR) is 117 cm³/mol. The number of rotatable bonds is 5. The van der Waals surface area contributed by atoms with Crippen LogP contribution in [0.4, 0.5) is 0 Å². The van der Waals surface area contributed by atoms with Gasteiger partial charge in [0.2, 0.25) is 0 Å². The SMILES string of the molecule is COc1cc2ccccc2c(C2=c3ccccc3=CC(B(O)O)(B(O)O)C2)c1OC. The third-order valence-corrected chi connectivity index (χ3v) is 5.85. The van der Waals surface area contributed by atoms with Crippen LogP contribution in [0.3, 0.4) is 0 Å². The fourth-order valence-corrected chi connectivity index (χ4v) is 4.28. The fraction of sp³-hybridized carbons (Fsp3) is 0.182. The lowest BCUT2D eigenvalue weighted by molar-refractivity contribution is 0.340. The number of methoxy groups -OCH3 is 2. The van der Waals surface area contributed by atoms with Crippen LogP contribution in [0.25, 0.3) is 22.4 Å². The highest BCUT2D eigenvalue weighted by Crippen LogP contribution is 2.47. The number of benzene rings is 3. The summed E-state index contributed by atoms with van der Waals surface area (Å²) in [6, 6.07) is 17.1. The van der Waals surface area contributed by atoms with Crippen molar-refractivity contribution in [2.75, 3.05) is 14.2 Å². The summed E-state index contributed by atoms with van der Waals surface area (Å²) < 4.78 is 11.3. The molecule has 0 unspecified atom stereocenters. The van der Waals surface area contributed by atoms with Gasteiger partial charge in [0.15, 0.2) is 11.5 Å². The summed E-state index contributed by atoms with van der Waals surface area (Å²) >= 11 is 0. The van der Waals surface area contributed by atoms with Gasteiger partial charge in [-0.1, -0.05) is 54.6 Å². The van der Waals surface area contributed by atoms with Crippen molar-refractivity contribution in [3.63, 3.8) is 0 Å². The lowest BCUT2D eigenvalue weighted by Crippen LogP contribution is -2.49. The van der Waals surface area contributed by atoms with Gasteiger partial charge in [-0.3, -0.25) is 0 Å². The fourth-order valence-electron chi connectivity index (χ4n) is 4.28. The molecular weight excluding hydrogens is 382 g/mol. The molecule has 6 nitrogen and oxygen atoms in total. The highest BCUT2D eigenvalue weighted by atomic mass is 16.5. The van der Waals surface area contributed by atoms with E-state index in [9.17, 15) is 20.1 Å². The molecule has 1 aliphatic carbocycles. The molecule has 0 heterocycles. The van der Waals surface area contributed by atoms with Crippen molar-refractivity contribution >= 4 is 36.7 Å². The molecule has 3 aromatic rings. The Morgan fingerprint density at radius 2 is 1.53 bits per heavy atom. The number of fused-ring (bicyclic) bond motifs is 2. The topological polar surface area (TPSA) is 99.4 Å². The summed E-state index contributed by atoms with van der Waals surface area (Å²) in [5, 5.41) is 42.3. The molecule has 3 aromatic carbocycles. The number of hydrogen-bond donors (Lipinski definition) is 4. The molecule has 8 heteroatoms. The summed E-state index contributed by atoms with van der Waals surface area (Å²) in [6.07, 6.45) is 1.50. The minimum absolute atomic E-state index is 0.0210. The summed E-state index contributed by atoms with van der Waals surface area (Å²) in [4.78, 5) is 0. The predicted octanol–water partition coefficient (Wildman–Crippen LogP) is 0.465. The van der Waals surface area contributed by atoms with Crippen molar-refractivity contribution in [1.82, 2.24) is 0 Å². The average Bonchev–Trinajstić information content (AvgIpc) is 2.76. The highest BCUT2D eigenvalue weighted by molar-refractivity contribution is 6.71. The van der Waals surface area contributed by atoms with Crippen LogP contribution in [0, 0.1) is 0 Å². The van der Waals surface area contributed by atoms with E-state index in [-0.39, 0.29) is 6.42 Å². The Hall–Kier alpha value is -2.77. The van der Waals surface area contributed by atoms with E-state index in [1.807, 2.05) is 54.6 Å². The van der Waals surface area contributed by atoms with E-state index in [4.69, 9.17) is 9.47 Å². The maximum absolute atomic E-state index is 10.2.